The van der Waals surface area contributed by atoms with Crippen molar-refractivity contribution in [3.8, 4) is 0 Å². The second-order valence-electron chi connectivity index (χ2n) is 8.14. The van der Waals surface area contributed by atoms with Crippen molar-refractivity contribution in [2.75, 3.05) is 18.1 Å². The molecule has 3 aliphatic heterocycles. The number of nitrogens with zero attached hydrogens (tertiary/aromatic N) is 1. The number of aliphatic carboxylic acids is 1. The van der Waals surface area contributed by atoms with Crippen LogP contribution in [0.1, 0.15) is 39.0 Å². The summed E-state index contributed by atoms with van der Waals surface area (Å²) in [5, 5.41) is 23.3. The first-order valence-corrected chi connectivity index (χ1v) is 11.0. The Morgan fingerprint density at radius 2 is 2.12 bits per heavy atom. The Morgan fingerprint density at radius 3 is 2.77 bits per heavy atom. The third-order valence-electron chi connectivity index (χ3n) is 6.55. The van der Waals surface area contributed by atoms with Gasteiger partial charge in [0.05, 0.1) is 18.1 Å². The number of aliphatic hydroxyl groups is 1. The Hall–Kier alpha value is -1.05. The molecule has 1 aliphatic carbocycles. The Morgan fingerprint density at radius 1 is 1.31 bits per heavy atom. The number of amides is 1. The predicted octanol–water partition coefficient (Wildman–Crippen LogP) is 1.45. The van der Waals surface area contributed by atoms with Gasteiger partial charge >= 0.3 is 5.97 Å². The summed E-state index contributed by atoms with van der Waals surface area (Å²) in [6.07, 6.45) is 4.74. The topological polar surface area (TPSA) is 89.9 Å². The normalized spacial score (nSPS) is 37.4. The largest absolute Gasteiger partial charge is 0.477 e. The minimum absolute atomic E-state index is 0.113. The molecule has 0 aromatic carbocycles. The van der Waals surface area contributed by atoms with E-state index < -0.39 is 18.0 Å². The van der Waals surface area contributed by atoms with E-state index in [4.69, 9.17) is 0 Å². The van der Waals surface area contributed by atoms with E-state index >= 15 is 0 Å². The van der Waals surface area contributed by atoms with Crippen molar-refractivity contribution in [2.45, 2.75) is 57.2 Å². The molecule has 144 valence electrons. The van der Waals surface area contributed by atoms with Gasteiger partial charge in [-0.15, -0.1) is 0 Å². The van der Waals surface area contributed by atoms with E-state index in [1.54, 1.807) is 6.92 Å². The molecule has 26 heavy (non-hydrogen) atoms. The molecule has 3 fully saturated rings. The number of β-lactam (4-membered cyclic amide) rings is 1. The highest BCUT2D eigenvalue weighted by Crippen LogP contribution is 2.54. The zero-order valence-electron chi connectivity index (χ0n) is 15.2. The standard InChI is InChI=1S/C19H28N2O4S/c1-10(22)14-16-13-6-2-4-11(8-26-9-12-5-3-7-20-12)15(13)17(19(24)25)21(16)18(14)23/h10-14,16,20,22H,2-9H2,1H3,(H,24,25)/t10-,11+,12+,13+,14-,16-/m1/s1. The fourth-order valence-electron chi connectivity index (χ4n) is 5.43. The molecule has 6 nitrogen and oxygen atoms in total. The Labute approximate surface area is 158 Å². The molecule has 0 spiro atoms. The van der Waals surface area contributed by atoms with Gasteiger partial charge < -0.3 is 20.4 Å². The molecule has 0 aromatic heterocycles. The van der Waals surface area contributed by atoms with Crippen molar-refractivity contribution >= 4 is 23.6 Å². The van der Waals surface area contributed by atoms with Crippen LogP contribution in [0.3, 0.4) is 0 Å². The maximum atomic E-state index is 12.5. The van der Waals surface area contributed by atoms with Crippen molar-refractivity contribution in [3.05, 3.63) is 11.3 Å². The second-order valence-corrected chi connectivity index (χ2v) is 9.21. The molecule has 6 atom stereocenters. The first-order valence-electron chi connectivity index (χ1n) is 9.80. The zero-order valence-corrected chi connectivity index (χ0v) is 16.0. The van der Waals surface area contributed by atoms with Crippen molar-refractivity contribution in [3.63, 3.8) is 0 Å². The predicted molar refractivity (Wildman–Crippen MR) is 99.6 cm³/mol. The monoisotopic (exact) mass is 380 g/mol. The molecule has 0 aromatic rings. The number of rotatable bonds is 6. The highest BCUT2D eigenvalue weighted by atomic mass is 32.2. The molecule has 4 aliphatic rings. The van der Waals surface area contributed by atoms with Gasteiger partial charge in [-0.1, -0.05) is 6.42 Å². The third kappa shape index (κ3) is 2.88. The minimum atomic E-state index is -0.987. The Balaban J connectivity index is 1.52. The number of carbonyl (C=O) groups is 2. The van der Waals surface area contributed by atoms with Crippen LogP contribution >= 0.6 is 11.8 Å². The van der Waals surface area contributed by atoms with Gasteiger partial charge in [0.1, 0.15) is 5.70 Å². The third-order valence-corrected chi connectivity index (χ3v) is 7.82. The molecule has 4 rings (SSSR count). The Bertz CT molecular complexity index is 629. The summed E-state index contributed by atoms with van der Waals surface area (Å²) >= 11 is 1.91. The summed E-state index contributed by atoms with van der Waals surface area (Å²) < 4.78 is 0. The zero-order chi connectivity index (χ0) is 18.4. The fraction of sp³-hybridized carbons (Fsp3) is 0.789. The van der Waals surface area contributed by atoms with Gasteiger partial charge in [0.2, 0.25) is 5.91 Å². The molecule has 1 amide bonds. The van der Waals surface area contributed by atoms with Crippen LogP contribution < -0.4 is 5.32 Å². The molecule has 3 N–H and O–H groups in total. The summed E-state index contributed by atoms with van der Waals surface area (Å²) in [4.78, 5) is 25.9. The number of fused-ring (bicyclic) bond motifs is 3. The summed E-state index contributed by atoms with van der Waals surface area (Å²) in [5.74, 6) is 0.696. The van der Waals surface area contributed by atoms with Crippen molar-refractivity contribution in [1.29, 1.82) is 0 Å². The second kappa shape index (κ2) is 7.17. The number of aliphatic hydroxyl groups excluding tert-OH is 1. The van der Waals surface area contributed by atoms with Crippen LogP contribution in [0.15, 0.2) is 11.3 Å². The van der Waals surface area contributed by atoms with E-state index in [1.165, 1.54) is 17.7 Å². The van der Waals surface area contributed by atoms with E-state index in [9.17, 15) is 19.8 Å². The van der Waals surface area contributed by atoms with Gasteiger partial charge in [0, 0.05) is 17.7 Å². The molecular formula is C19H28N2O4S. The van der Waals surface area contributed by atoms with Crippen LogP contribution in [0.5, 0.6) is 0 Å². The molecule has 2 saturated heterocycles. The smallest absolute Gasteiger partial charge is 0.352 e. The van der Waals surface area contributed by atoms with Crippen LogP contribution in [0.4, 0.5) is 0 Å². The average molecular weight is 381 g/mol. The number of thioether (sulfide) groups is 1. The van der Waals surface area contributed by atoms with Crippen LogP contribution in [0, 0.1) is 17.8 Å². The fourth-order valence-corrected chi connectivity index (χ4v) is 6.76. The number of hydrogen-bond acceptors (Lipinski definition) is 5. The Kier molecular flexibility index (Phi) is 5.05. The van der Waals surface area contributed by atoms with E-state index in [0.717, 1.165) is 42.9 Å². The first kappa shape index (κ1) is 18.3. The summed E-state index contributed by atoms with van der Waals surface area (Å²) in [6.45, 7) is 2.74. The summed E-state index contributed by atoms with van der Waals surface area (Å²) in [7, 11) is 0. The molecule has 1 saturated carbocycles. The molecule has 0 bridgehead atoms. The van der Waals surface area contributed by atoms with Gasteiger partial charge in [-0.05, 0) is 56.4 Å². The average Bonchev–Trinajstić information content (AvgIpc) is 3.19. The SMILES string of the molecule is C[C@@H](O)[C@H]1C(=O)N2C(C(=O)O)=C3[C@H](CSC[C@@H]4CCCN4)CCC[C@@H]3[C@H]12. The van der Waals surface area contributed by atoms with Gasteiger partial charge in [0.25, 0.3) is 0 Å². The molecule has 7 heteroatoms. The summed E-state index contributed by atoms with van der Waals surface area (Å²) in [6, 6.07) is 0.435. The first-order chi connectivity index (χ1) is 12.5. The van der Waals surface area contributed by atoms with Crippen molar-refractivity contribution in [2.24, 2.45) is 17.8 Å². The lowest BCUT2D eigenvalue weighted by Crippen LogP contribution is -2.64. The molecule has 0 radical (unpaired) electrons. The number of nitrogens with one attached hydrogen (secondary N) is 1. The van der Waals surface area contributed by atoms with E-state index in [-0.39, 0.29) is 29.5 Å². The molecular weight excluding hydrogens is 352 g/mol. The van der Waals surface area contributed by atoms with E-state index in [1.807, 2.05) is 11.8 Å². The summed E-state index contributed by atoms with van der Waals surface area (Å²) in [5.41, 5.74) is 1.21. The van der Waals surface area contributed by atoms with Crippen molar-refractivity contribution < 1.29 is 19.8 Å². The minimum Gasteiger partial charge on any atom is -0.477 e. The van der Waals surface area contributed by atoms with Crippen LogP contribution in [0.25, 0.3) is 0 Å². The number of carboxylic acids is 1. The van der Waals surface area contributed by atoms with Crippen LogP contribution in [-0.4, -0.2) is 63.2 Å². The van der Waals surface area contributed by atoms with Gasteiger partial charge in [0.15, 0.2) is 0 Å². The van der Waals surface area contributed by atoms with Crippen LogP contribution in [0.2, 0.25) is 0 Å². The lowest BCUT2D eigenvalue weighted by Gasteiger charge is -2.47. The maximum Gasteiger partial charge on any atom is 0.352 e. The molecule has 0 unspecified atom stereocenters. The lowest BCUT2D eigenvalue weighted by molar-refractivity contribution is -0.163. The number of carbonyl (C=O) groups excluding carboxylic acids is 1. The van der Waals surface area contributed by atoms with E-state index in [0.29, 0.717) is 6.04 Å². The van der Waals surface area contributed by atoms with E-state index in [2.05, 4.69) is 5.32 Å². The molecule has 3 heterocycles. The van der Waals surface area contributed by atoms with Crippen LogP contribution in [-0.2, 0) is 9.59 Å². The lowest BCUT2D eigenvalue weighted by atomic mass is 9.70. The van der Waals surface area contributed by atoms with Gasteiger partial charge in [-0.3, -0.25) is 4.79 Å². The highest BCUT2D eigenvalue weighted by molar-refractivity contribution is 7.99. The quantitative estimate of drug-likeness (QED) is 0.605. The van der Waals surface area contributed by atoms with Gasteiger partial charge in [-0.2, -0.15) is 11.8 Å². The highest BCUT2D eigenvalue weighted by Gasteiger charge is 2.62. The number of carboxylic acid groups (broad SMARTS) is 1. The van der Waals surface area contributed by atoms with Gasteiger partial charge in [-0.25, -0.2) is 4.79 Å². The van der Waals surface area contributed by atoms with Crippen molar-refractivity contribution in [1.82, 2.24) is 10.2 Å². The number of hydrogen-bond donors (Lipinski definition) is 3. The maximum absolute atomic E-state index is 12.5.